The van der Waals surface area contributed by atoms with Crippen LogP contribution in [0.25, 0.3) is 0 Å². The number of ether oxygens (including phenoxy) is 1. The number of hydrogen-bond acceptors (Lipinski definition) is 3. The summed E-state index contributed by atoms with van der Waals surface area (Å²) in [5, 5.41) is 7.84. The van der Waals surface area contributed by atoms with Crippen LogP contribution in [-0.4, -0.2) is 16.9 Å². The van der Waals surface area contributed by atoms with E-state index in [0.717, 1.165) is 23.6 Å². The van der Waals surface area contributed by atoms with Crippen LogP contribution in [0.4, 0.5) is 5.82 Å². The maximum absolute atomic E-state index is 5.33. The van der Waals surface area contributed by atoms with Gasteiger partial charge < -0.3 is 10.1 Å². The lowest BCUT2D eigenvalue weighted by atomic mass is 10.2. The summed E-state index contributed by atoms with van der Waals surface area (Å²) in [7, 11) is 1.69. The lowest BCUT2D eigenvalue weighted by molar-refractivity contribution is 0.410. The Labute approximate surface area is 126 Å². The van der Waals surface area contributed by atoms with E-state index in [1.54, 1.807) is 7.11 Å². The first kappa shape index (κ1) is 16.4. The van der Waals surface area contributed by atoms with Crippen LogP contribution in [-0.2, 0) is 6.54 Å². The van der Waals surface area contributed by atoms with Gasteiger partial charge in [-0.2, -0.15) is 5.10 Å². The molecule has 1 unspecified atom stereocenters. The Morgan fingerprint density at radius 3 is 2.75 bits per heavy atom. The van der Waals surface area contributed by atoms with Gasteiger partial charge in [0, 0.05) is 30.4 Å². The number of para-hydroxylation sites is 1. The molecule has 110 valence electrons. The monoisotopic (exact) mass is 295 g/mol. The zero-order valence-electron chi connectivity index (χ0n) is 12.2. The van der Waals surface area contributed by atoms with Gasteiger partial charge in [-0.1, -0.05) is 25.1 Å². The average Bonchev–Trinajstić information content (AvgIpc) is 2.93. The van der Waals surface area contributed by atoms with Gasteiger partial charge in [0.05, 0.1) is 7.11 Å². The number of benzene rings is 1. The minimum Gasteiger partial charge on any atom is -0.496 e. The summed E-state index contributed by atoms with van der Waals surface area (Å²) < 4.78 is 7.32. The molecular formula is C15H22ClN3O. The van der Waals surface area contributed by atoms with E-state index in [0.29, 0.717) is 12.6 Å². The zero-order chi connectivity index (χ0) is 13.7. The van der Waals surface area contributed by atoms with Crippen molar-refractivity contribution in [3.05, 3.63) is 42.1 Å². The topological polar surface area (TPSA) is 39.1 Å². The zero-order valence-corrected chi connectivity index (χ0v) is 13.0. The van der Waals surface area contributed by atoms with Gasteiger partial charge in [0.15, 0.2) is 0 Å². The molecule has 1 heterocycles. The van der Waals surface area contributed by atoms with Crippen LogP contribution in [0, 0.1) is 0 Å². The normalized spacial score (nSPS) is 11.6. The third-order valence-electron chi connectivity index (χ3n) is 3.30. The second-order valence-electron chi connectivity index (χ2n) is 4.60. The van der Waals surface area contributed by atoms with E-state index in [2.05, 4.69) is 30.3 Å². The highest BCUT2D eigenvalue weighted by Crippen LogP contribution is 2.19. The van der Waals surface area contributed by atoms with Crippen LogP contribution in [0.5, 0.6) is 5.75 Å². The Hall–Kier alpha value is -1.68. The SMILES string of the molecule is CCC(C)n1ccc(NCc2ccccc2OC)n1.Cl. The standard InChI is InChI=1S/C15H21N3O.ClH/c1-4-12(2)18-10-9-15(17-18)16-11-13-7-5-6-8-14(13)19-3;/h5-10,12H,4,11H2,1-3H3,(H,16,17);1H. The largest absolute Gasteiger partial charge is 0.496 e. The number of anilines is 1. The van der Waals surface area contributed by atoms with Crippen LogP contribution in [0.1, 0.15) is 31.9 Å². The molecule has 1 atom stereocenters. The maximum Gasteiger partial charge on any atom is 0.148 e. The van der Waals surface area contributed by atoms with E-state index in [1.807, 2.05) is 35.1 Å². The van der Waals surface area contributed by atoms with Crippen LogP contribution in [0.3, 0.4) is 0 Å². The van der Waals surface area contributed by atoms with E-state index < -0.39 is 0 Å². The molecule has 0 radical (unpaired) electrons. The lowest BCUT2D eigenvalue weighted by Gasteiger charge is -2.10. The fourth-order valence-corrected chi connectivity index (χ4v) is 1.90. The van der Waals surface area contributed by atoms with Gasteiger partial charge in [-0.15, -0.1) is 12.4 Å². The lowest BCUT2D eigenvalue weighted by Crippen LogP contribution is -2.06. The molecule has 0 bridgehead atoms. The molecule has 0 aliphatic carbocycles. The molecule has 1 N–H and O–H groups in total. The van der Waals surface area contributed by atoms with Crippen molar-refractivity contribution in [3.63, 3.8) is 0 Å². The molecule has 2 rings (SSSR count). The Balaban J connectivity index is 0.00000200. The number of nitrogens with one attached hydrogen (secondary N) is 1. The van der Waals surface area contributed by atoms with E-state index in [4.69, 9.17) is 4.74 Å². The molecule has 1 aromatic carbocycles. The fourth-order valence-electron chi connectivity index (χ4n) is 1.90. The van der Waals surface area contributed by atoms with Crippen molar-refractivity contribution >= 4 is 18.2 Å². The Morgan fingerprint density at radius 1 is 1.30 bits per heavy atom. The summed E-state index contributed by atoms with van der Waals surface area (Å²) in [6, 6.07) is 10.4. The van der Waals surface area contributed by atoms with Crippen molar-refractivity contribution in [1.29, 1.82) is 0 Å². The minimum atomic E-state index is 0. The van der Waals surface area contributed by atoms with Crippen molar-refractivity contribution in [2.24, 2.45) is 0 Å². The number of methoxy groups -OCH3 is 1. The van der Waals surface area contributed by atoms with Gasteiger partial charge in [-0.05, 0) is 19.4 Å². The summed E-state index contributed by atoms with van der Waals surface area (Å²) in [6.45, 7) is 5.03. The first-order chi connectivity index (χ1) is 9.24. The van der Waals surface area contributed by atoms with Crippen molar-refractivity contribution in [2.45, 2.75) is 32.9 Å². The highest BCUT2D eigenvalue weighted by atomic mass is 35.5. The molecule has 0 fully saturated rings. The van der Waals surface area contributed by atoms with Gasteiger partial charge in [0.2, 0.25) is 0 Å². The quantitative estimate of drug-likeness (QED) is 0.878. The average molecular weight is 296 g/mol. The summed E-state index contributed by atoms with van der Waals surface area (Å²) >= 11 is 0. The molecule has 20 heavy (non-hydrogen) atoms. The molecule has 0 spiro atoms. The van der Waals surface area contributed by atoms with E-state index in [-0.39, 0.29) is 12.4 Å². The number of nitrogens with zero attached hydrogens (tertiary/aromatic N) is 2. The first-order valence-corrected chi connectivity index (χ1v) is 6.65. The van der Waals surface area contributed by atoms with Crippen molar-refractivity contribution in [2.75, 3.05) is 12.4 Å². The second kappa shape index (κ2) is 7.80. The minimum absolute atomic E-state index is 0. The molecule has 0 aliphatic rings. The van der Waals surface area contributed by atoms with Gasteiger partial charge in [-0.25, -0.2) is 0 Å². The predicted octanol–water partition coefficient (Wildman–Crippen LogP) is 3.90. The number of halogens is 1. The maximum atomic E-state index is 5.33. The van der Waals surface area contributed by atoms with E-state index in [9.17, 15) is 0 Å². The van der Waals surface area contributed by atoms with Crippen molar-refractivity contribution in [3.8, 4) is 5.75 Å². The van der Waals surface area contributed by atoms with Gasteiger partial charge in [-0.3, -0.25) is 4.68 Å². The van der Waals surface area contributed by atoms with Crippen LogP contribution >= 0.6 is 12.4 Å². The molecular weight excluding hydrogens is 274 g/mol. The van der Waals surface area contributed by atoms with Gasteiger partial charge in [0.25, 0.3) is 0 Å². The summed E-state index contributed by atoms with van der Waals surface area (Å²) in [6.07, 6.45) is 3.09. The highest BCUT2D eigenvalue weighted by molar-refractivity contribution is 5.85. The highest BCUT2D eigenvalue weighted by Gasteiger charge is 2.05. The summed E-state index contributed by atoms with van der Waals surface area (Å²) in [5.41, 5.74) is 1.13. The predicted molar refractivity (Wildman–Crippen MR) is 84.8 cm³/mol. The summed E-state index contributed by atoms with van der Waals surface area (Å²) in [4.78, 5) is 0. The van der Waals surface area contributed by atoms with Gasteiger partial charge >= 0.3 is 0 Å². The molecule has 0 saturated carbocycles. The first-order valence-electron chi connectivity index (χ1n) is 6.65. The molecule has 1 aromatic heterocycles. The smallest absolute Gasteiger partial charge is 0.148 e. The molecule has 2 aromatic rings. The molecule has 0 saturated heterocycles. The number of aromatic nitrogens is 2. The van der Waals surface area contributed by atoms with Crippen LogP contribution < -0.4 is 10.1 Å². The van der Waals surface area contributed by atoms with Gasteiger partial charge in [0.1, 0.15) is 11.6 Å². The Kier molecular flexibility index (Phi) is 6.39. The third-order valence-corrected chi connectivity index (χ3v) is 3.30. The molecule has 0 amide bonds. The third kappa shape index (κ3) is 3.90. The molecule has 4 nitrogen and oxygen atoms in total. The number of rotatable bonds is 6. The Morgan fingerprint density at radius 2 is 2.05 bits per heavy atom. The van der Waals surface area contributed by atoms with Crippen molar-refractivity contribution < 1.29 is 4.74 Å². The second-order valence-corrected chi connectivity index (χ2v) is 4.60. The van der Waals surface area contributed by atoms with Crippen LogP contribution in [0.15, 0.2) is 36.5 Å². The fraction of sp³-hybridized carbons (Fsp3) is 0.400. The molecule has 0 aliphatic heterocycles. The summed E-state index contributed by atoms with van der Waals surface area (Å²) in [5.74, 6) is 1.79. The number of hydrogen-bond donors (Lipinski definition) is 1. The molecule has 5 heteroatoms. The van der Waals surface area contributed by atoms with E-state index >= 15 is 0 Å². The van der Waals surface area contributed by atoms with E-state index in [1.165, 1.54) is 0 Å². The Bertz CT molecular complexity index is 527. The van der Waals surface area contributed by atoms with Crippen LogP contribution in [0.2, 0.25) is 0 Å². The van der Waals surface area contributed by atoms with Crippen molar-refractivity contribution in [1.82, 2.24) is 9.78 Å².